The highest BCUT2D eigenvalue weighted by atomic mass is 35.5. The average molecular weight is 177 g/mol. The summed E-state index contributed by atoms with van der Waals surface area (Å²) in [6.07, 6.45) is 0. The number of aromatic nitrogens is 1. The second kappa shape index (κ2) is 2.79. The van der Waals surface area contributed by atoms with E-state index in [-0.39, 0.29) is 16.7 Å². The lowest BCUT2D eigenvalue weighted by Crippen LogP contribution is -1.90. The highest BCUT2D eigenvalue weighted by Crippen LogP contribution is 2.28. The Bertz CT molecular complexity index is 283. The van der Waals surface area contributed by atoms with Crippen molar-refractivity contribution in [3.05, 3.63) is 21.3 Å². The zero-order chi connectivity index (χ0) is 8.43. The fourth-order valence-corrected chi connectivity index (χ4v) is 0.874. The first kappa shape index (κ1) is 7.87. The van der Waals surface area contributed by atoms with Crippen LogP contribution < -0.4 is 4.74 Å². The van der Waals surface area contributed by atoms with Gasteiger partial charge in [0.2, 0.25) is 5.75 Å². The highest BCUT2D eigenvalue weighted by molar-refractivity contribution is 6.29. The maximum Gasteiger partial charge on any atom is 0.364 e. The van der Waals surface area contributed by atoms with Crippen LogP contribution in [0.15, 0.2) is 6.07 Å². The van der Waals surface area contributed by atoms with Crippen molar-refractivity contribution >= 4 is 17.4 Å². The lowest BCUT2D eigenvalue weighted by atomic mass is 10.5. The molecule has 1 N–H and O–H groups in total. The van der Waals surface area contributed by atoms with Crippen molar-refractivity contribution in [1.82, 2.24) is 4.98 Å². The van der Waals surface area contributed by atoms with Crippen LogP contribution in [0.3, 0.4) is 0 Å². The molecule has 0 saturated carbocycles. The average Bonchev–Trinajstić information content (AvgIpc) is 2.30. The number of nitrogens with one attached hydrogen (secondary N) is 1. The van der Waals surface area contributed by atoms with Gasteiger partial charge in [-0.05, 0) is 16.5 Å². The second-order valence-corrected chi connectivity index (χ2v) is 2.20. The maximum atomic E-state index is 10.2. The van der Waals surface area contributed by atoms with E-state index in [2.05, 4.69) is 9.72 Å². The van der Waals surface area contributed by atoms with Crippen LogP contribution in [0.25, 0.3) is 0 Å². The molecule has 0 aliphatic carbocycles. The number of hydrogen-bond acceptors (Lipinski definition) is 3. The van der Waals surface area contributed by atoms with Gasteiger partial charge in [-0.3, -0.25) is 0 Å². The van der Waals surface area contributed by atoms with Crippen LogP contribution in [0.4, 0.5) is 5.82 Å². The van der Waals surface area contributed by atoms with Crippen LogP contribution in [-0.4, -0.2) is 17.0 Å². The molecular weight excluding hydrogens is 172 g/mol. The predicted molar refractivity (Wildman–Crippen MR) is 39.0 cm³/mol. The molecule has 0 spiro atoms. The Morgan fingerprint density at radius 2 is 2.45 bits per heavy atom. The van der Waals surface area contributed by atoms with Crippen LogP contribution >= 0.6 is 11.6 Å². The normalized spacial score (nSPS) is 9.64. The lowest BCUT2D eigenvalue weighted by molar-refractivity contribution is -0.390. The predicted octanol–water partition coefficient (Wildman–Crippen LogP) is 1.58. The summed E-state index contributed by atoms with van der Waals surface area (Å²) in [4.78, 5) is 12.0. The van der Waals surface area contributed by atoms with E-state index in [1.54, 1.807) is 0 Å². The van der Waals surface area contributed by atoms with E-state index < -0.39 is 4.92 Å². The first-order valence-corrected chi connectivity index (χ1v) is 3.10. The van der Waals surface area contributed by atoms with Crippen molar-refractivity contribution in [3.63, 3.8) is 0 Å². The third-order valence-corrected chi connectivity index (χ3v) is 1.34. The Balaban J connectivity index is 3.12. The molecular formula is C5H5ClN2O3. The molecule has 1 aromatic rings. The molecule has 6 heteroatoms. The van der Waals surface area contributed by atoms with E-state index in [1.165, 1.54) is 13.2 Å². The Hall–Kier alpha value is -1.23. The van der Waals surface area contributed by atoms with Gasteiger partial charge in [0, 0.05) is 6.07 Å². The van der Waals surface area contributed by atoms with Crippen LogP contribution in [0.2, 0.25) is 5.15 Å². The van der Waals surface area contributed by atoms with Gasteiger partial charge in [0.15, 0.2) is 5.15 Å². The number of rotatable bonds is 2. The number of ether oxygens (including phenoxy) is 1. The largest absolute Gasteiger partial charge is 0.489 e. The molecule has 11 heavy (non-hydrogen) atoms. The van der Waals surface area contributed by atoms with Crippen LogP contribution in [0.1, 0.15) is 0 Å². The first-order valence-electron chi connectivity index (χ1n) is 2.72. The first-order chi connectivity index (χ1) is 5.15. The van der Waals surface area contributed by atoms with Crippen molar-refractivity contribution in [2.75, 3.05) is 7.11 Å². The smallest absolute Gasteiger partial charge is 0.364 e. The molecule has 0 bridgehead atoms. The Labute approximate surface area is 67.1 Å². The summed E-state index contributed by atoms with van der Waals surface area (Å²) in [5, 5.41) is 10.4. The van der Waals surface area contributed by atoms with Crippen LogP contribution in [0, 0.1) is 10.1 Å². The van der Waals surface area contributed by atoms with Gasteiger partial charge in [-0.1, -0.05) is 0 Å². The molecule has 0 radical (unpaired) electrons. The summed E-state index contributed by atoms with van der Waals surface area (Å²) in [6, 6.07) is 1.35. The third kappa shape index (κ3) is 1.43. The summed E-state index contributed by atoms with van der Waals surface area (Å²) >= 11 is 5.45. The van der Waals surface area contributed by atoms with Gasteiger partial charge in [-0.15, -0.1) is 0 Å². The third-order valence-electron chi connectivity index (χ3n) is 1.13. The molecule has 0 aliphatic rings. The Morgan fingerprint density at radius 1 is 1.82 bits per heavy atom. The molecule has 0 aromatic carbocycles. The van der Waals surface area contributed by atoms with Crippen molar-refractivity contribution < 1.29 is 9.66 Å². The standard InChI is InChI=1S/C5H5ClN2O3/c1-11-3-2-4(6)7-5(3)8(9)10/h2,7H,1H3. The van der Waals surface area contributed by atoms with Gasteiger partial charge in [0.05, 0.1) is 7.11 Å². The number of nitrogens with zero attached hydrogens (tertiary/aromatic N) is 1. The van der Waals surface area contributed by atoms with E-state index in [0.717, 1.165) is 0 Å². The minimum atomic E-state index is -0.593. The van der Waals surface area contributed by atoms with Gasteiger partial charge in [0.25, 0.3) is 0 Å². The van der Waals surface area contributed by atoms with Crippen molar-refractivity contribution in [3.8, 4) is 5.75 Å². The SMILES string of the molecule is COc1cc(Cl)[nH]c1[N+](=O)[O-]. The van der Waals surface area contributed by atoms with Crippen molar-refractivity contribution in [2.45, 2.75) is 0 Å². The Kier molecular flexibility index (Phi) is 2.00. The molecule has 1 heterocycles. The van der Waals surface area contributed by atoms with Gasteiger partial charge in [0.1, 0.15) is 0 Å². The zero-order valence-corrected chi connectivity index (χ0v) is 6.38. The molecule has 0 amide bonds. The topological polar surface area (TPSA) is 68.2 Å². The zero-order valence-electron chi connectivity index (χ0n) is 5.63. The molecule has 0 aliphatic heterocycles. The molecule has 5 nitrogen and oxygen atoms in total. The molecule has 0 unspecified atom stereocenters. The number of H-pyrrole nitrogens is 1. The van der Waals surface area contributed by atoms with Crippen molar-refractivity contribution in [1.29, 1.82) is 0 Å². The van der Waals surface area contributed by atoms with Gasteiger partial charge < -0.3 is 14.9 Å². The molecule has 0 atom stereocenters. The lowest BCUT2D eigenvalue weighted by Gasteiger charge is -1.94. The summed E-state index contributed by atoms with van der Waals surface area (Å²) in [5.74, 6) is -0.0856. The number of aromatic amines is 1. The summed E-state index contributed by atoms with van der Waals surface area (Å²) < 4.78 is 4.67. The molecule has 0 saturated heterocycles. The number of halogens is 1. The van der Waals surface area contributed by atoms with Crippen molar-refractivity contribution in [2.24, 2.45) is 0 Å². The van der Waals surface area contributed by atoms with E-state index in [1.807, 2.05) is 0 Å². The van der Waals surface area contributed by atoms with E-state index in [9.17, 15) is 10.1 Å². The maximum absolute atomic E-state index is 10.2. The van der Waals surface area contributed by atoms with Gasteiger partial charge in [-0.2, -0.15) is 0 Å². The molecule has 60 valence electrons. The number of hydrogen-bond donors (Lipinski definition) is 1. The highest BCUT2D eigenvalue weighted by Gasteiger charge is 2.16. The molecule has 0 fully saturated rings. The monoisotopic (exact) mass is 176 g/mol. The minimum Gasteiger partial charge on any atom is -0.489 e. The number of methoxy groups -OCH3 is 1. The van der Waals surface area contributed by atoms with E-state index in [0.29, 0.717) is 0 Å². The Morgan fingerprint density at radius 3 is 2.82 bits per heavy atom. The second-order valence-electron chi connectivity index (χ2n) is 1.79. The summed E-state index contributed by atoms with van der Waals surface area (Å²) in [7, 11) is 1.34. The summed E-state index contributed by atoms with van der Waals surface area (Å²) in [6.45, 7) is 0. The number of nitro groups is 1. The van der Waals surface area contributed by atoms with Crippen LogP contribution in [0.5, 0.6) is 5.75 Å². The van der Waals surface area contributed by atoms with Gasteiger partial charge >= 0.3 is 5.82 Å². The van der Waals surface area contributed by atoms with E-state index in [4.69, 9.17) is 11.6 Å². The summed E-state index contributed by atoms with van der Waals surface area (Å²) in [5.41, 5.74) is 0. The quantitative estimate of drug-likeness (QED) is 0.550. The molecule has 1 rings (SSSR count). The minimum absolute atomic E-state index is 0.139. The molecule has 1 aromatic heterocycles. The fraction of sp³-hybridized carbons (Fsp3) is 0.200. The van der Waals surface area contributed by atoms with Gasteiger partial charge in [-0.25, -0.2) is 4.98 Å². The van der Waals surface area contributed by atoms with E-state index >= 15 is 0 Å². The van der Waals surface area contributed by atoms with Crippen LogP contribution in [-0.2, 0) is 0 Å². The fourth-order valence-electron chi connectivity index (χ4n) is 0.685.